The van der Waals surface area contributed by atoms with E-state index in [4.69, 9.17) is 0 Å². The Balaban J connectivity index is 3.15. The summed E-state index contributed by atoms with van der Waals surface area (Å²) >= 11 is 0. The van der Waals surface area contributed by atoms with Crippen molar-refractivity contribution < 1.29 is 8.78 Å². The van der Waals surface area contributed by atoms with Crippen LogP contribution in [0.15, 0.2) is 0 Å². The highest BCUT2D eigenvalue weighted by molar-refractivity contribution is 7.38. The van der Waals surface area contributed by atoms with Gasteiger partial charge in [-0.15, -0.1) is 0 Å². The zero-order chi connectivity index (χ0) is 10.8. The number of hydrogen-bond donors (Lipinski definition) is 0. The highest BCUT2D eigenvalue weighted by Crippen LogP contribution is 2.27. The van der Waals surface area contributed by atoms with Crippen LogP contribution in [0.4, 0.5) is 8.78 Å². The van der Waals surface area contributed by atoms with Crippen LogP contribution in [0.5, 0.6) is 0 Å². The first-order chi connectivity index (χ1) is 6.66. The van der Waals surface area contributed by atoms with Gasteiger partial charge < -0.3 is 0 Å². The van der Waals surface area contributed by atoms with Crippen LogP contribution < -0.4 is 0 Å². The molecule has 2 atom stereocenters. The lowest BCUT2D eigenvalue weighted by atomic mass is 10.2. The van der Waals surface area contributed by atoms with Gasteiger partial charge in [0, 0.05) is 15.0 Å². The zero-order valence-electron chi connectivity index (χ0n) is 9.44. The van der Waals surface area contributed by atoms with Gasteiger partial charge in [-0.3, -0.25) is 4.39 Å². The fourth-order valence-electron chi connectivity index (χ4n) is 1.34. The lowest BCUT2D eigenvalue weighted by Gasteiger charge is -2.04. The average molecular weight is 225 g/mol. The summed E-state index contributed by atoms with van der Waals surface area (Å²) in [6, 6.07) is 0. The molecule has 0 aliphatic heterocycles. The molecule has 0 aromatic rings. The first kappa shape index (κ1) is 14.3. The molecule has 0 radical (unpaired) electrons. The average Bonchev–Trinajstić information content (AvgIpc) is 2.12. The van der Waals surface area contributed by atoms with Crippen molar-refractivity contribution in [2.75, 3.05) is 12.8 Å². The molecular weight excluding hydrogens is 201 g/mol. The van der Waals surface area contributed by atoms with Crippen molar-refractivity contribution in [3.05, 3.63) is 0 Å². The topological polar surface area (TPSA) is 0 Å². The van der Waals surface area contributed by atoms with E-state index in [1.807, 2.05) is 0 Å². The van der Waals surface area contributed by atoms with Crippen molar-refractivity contribution in [2.24, 2.45) is 5.92 Å². The van der Waals surface area contributed by atoms with Crippen molar-refractivity contribution in [1.82, 2.24) is 0 Å². The van der Waals surface area contributed by atoms with Crippen LogP contribution in [0.25, 0.3) is 0 Å². The third-order valence-corrected chi connectivity index (χ3v) is 3.79. The third kappa shape index (κ3) is 10.4. The molecule has 0 amide bonds. The van der Waals surface area contributed by atoms with Crippen LogP contribution >= 0.6 is 8.58 Å². The second-order valence-electron chi connectivity index (χ2n) is 4.26. The van der Waals surface area contributed by atoms with Gasteiger partial charge in [0.25, 0.3) is 0 Å². The molecule has 0 saturated heterocycles. The molecule has 0 aliphatic carbocycles. The van der Waals surface area contributed by atoms with E-state index in [0.29, 0.717) is 18.8 Å². The molecular formula is C11H24F2P+. The molecule has 0 saturated carbocycles. The Morgan fingerprint density at radius 1 is 1.07 bits per heavy atom. The molecule has 0 aromatic heterocycles. The van der Waals surface area contributed by atoms with Crippen LogP contribution in [-0.2, 0) is 0 Å². The summed E-state index contributed by atoms with van der Waals surface area (Å²) < 4.78 is 24.9. The van der Waals surface area contributed by atoms with Crippen molar-refractivity contribution in [1.29, 1.82) is 0 Å². The van der Waals surface area contributed by atoms with Crippen LogP contribution in [-0.4, -0.2) is 18.7 Å². The normalized spacial score (nSPS) is 14.4. The molecule has 0 rings (SSSR count). The van der Waals surface area contributed by atoms with Gasteiger partial charge in [0.15, 0.2) is 5.91 Å². The van der Waals surface area contributed by atoms with E-state index in [-0.39, 0.29) is 15.3 Å². The summed E-state index contributed by atoms with van der Waals surface area (Å²) in [5.74, 6) is 0.120. The number of unbranched alkanes of at least 4 members (excludes halogenated alkanes) is 2. The summed E-state index contributed by atoms with van der Waals surface area (Å²) in [6.45, 7) is 4.10. The predicted octanol–water partition coefficient (Wildman–Crippen LogP) is 4.27. The van der Waals surface area contributed by atoms with Gasteiger partial charge in [0.2, 0.25) is 0 Å². The maximum absolute atomic E-state index is 13.2. The van der Waals surface area contributed by atoms with Gasteiger partial charge in [-0.2, -0.15) is 0 Å². The summed E-state index contributed by atoms with van der Waals surface area (Å²) in [6.07, 6.45) is 5.20. The Morgan fingerprint density at radius 2 is 1.79 bits per heavy atom. The first-order valence-electron chi connectivity index (χ1n) is 5.70. The van der Waals surface area contributed by atoms with Crippen LogP contribution in [0, 0.1) is 5.92 Å². The summed E-state index contributed by atoms with van der Waals surface area (Å²) in [4.78, 5) is 0. The molecule has 3 heteroatoms. The van der Waals surface area contributed by atoms with Gasteiger partial charge in [0.1, 0.15) is 0 Å². The Hall–Kier alpha value is 0.290. The maximum atomic E-state index is 13.2. The lowest BCUT2D eigenvalue weighted by molar-refractivity contribution is 0.395. The molecule has 0 N–H and O–H groups in total. The Kier molecular flexibility index (Phi) is 10.0. The molecule has 86 valence electrons. The fraction of sp³-hybridized carbons (Fsp3) is 1.00. The standard InChI is InChI=1S/C11H23F2P/c1-10(2)7-9-14-11(13)6-4-3-5-8-12/h10-11,14H,3-9H2,1-2H3/p+1. The number of halogens is 2. The van der Waals surface area contributed by atoms with Crippen molar-refractivity contribution in [2.45, 2.75) is 51.9 Å². The second kappa shape index (κ2) is 9.83. The summed E-state index contributed by atoms with van der Waals surface area (Å²) in [5, 5.41) is 0. The summed E-state index contributed by atoms with van der Waals surface area (Å²) in [7, 11) is -0.0257. The zero-order valence-corrected chi connectivity index (χ0v) is 10.6. The predicted molar refractivity (Wildman–Crippen MR) is 63.4 cm³/mol. The quantitative estimate of drug-likeness (QED) is 0.406. The minimum atomic E-state index is -0.576. The van der Waals surface area contributed by atoms with E-state index in [1.165, 1.54) is 0 Å². The minimum Gasteiger partial charge on any atom is -0.251 e. The van der Waals surface area contributed by atoms with E-state index in [1.54, 1.807) is 0 Å². The van der Waals surface area contributed by atoms with Gasteiger partial charge >= 0.3 is 0 Å². The van der Waals surface area contributed by atoms with E-state index in [2.05, 4.69) is 13.8 Å². The lowest BCUT2D eigenvalue weighted by Crippen LogP contribution is -1.96. The van der Waals surface area contributed by atoms with Gasteiger partial charge in [-0.25, -0.2) is 4.39 Å². The summed E-state index contributed by atoms with van der Waals surface area (Å²) in [5.41, 5.74) is 0. The van der Waals surface area contributed by atoms with Gasteiger partial charge in [0.05, 0.1) is 12.8 Å². The minimum absolute atomic E-state index is 0.0257. The molecule has 0 heterocycles. The Labute approximate surface area is 88.6 Å². The van der Waals surface area contributed by atoms with Crippen molar-refractivity contribution in [3.63, 3.8) is 0 Å². The van der Waals surface area contributed by atoms with Crippen molar-refractivity contribution >= 4 is 8.58 Å². The van der Waals surface area contributed by atoms with E-state index < -0.39 is 5.91 Å². The smallest absolute Gasteiger partial charge is 0.200 e. The number of hydrogen-bond acceptors (Lipinski definition) is 0. The Bertz CT molecular complexity index is 118. The molecule has 14 heavy (non-hydrogen) atoms. The monoisotopic (exact) mass is 225 g/mol. The fourth-order valence-corrected chi connectivity index (χ4v) is 3.03. The van der Waals surface area contributed by atoms with Crippen LogP contribution in [0.1, 0.15) is 46.0 Å². The van der Waals surface area contributed by atoms with E-state index in [0.717, 1.165) is 25.4 Å². The van der Waals surface area contributed by atoms with E-state index >= 15 is 0 Å². The molecule has 0 nitrogen and oxygen atoms in total. The molecule has 0 aromatic carbocycles. The SMILES string of the molecule is CC(C)CC[PH2+]C(F)CCCCCF. The second-order valence-corrected chi connectivity index (χ2v) is 6.03. The number of rotatable bonds is 9. The highest BCUT2D eigenvalue weighted by Gasteiger charge is 2.11. The van der Waals surface area contributed by atoms with Gasteiger partial charge in [-0.05, 0) is 25.2 Å². The van der Waals surface area contributed by atoms with Gasteiger partial charge in [-0.1, -0.05) is 20.3 Å². The highest BCUT2D eigenvalue weighted by atomic mass is 31.1. The molecule has 0 aliphatic rings. The number of alkyl halides is 2. The maximum Gasteiger partial charge on any atom is 0.200 e. The van der Waals surface area contributed by atoms with Crippen LogP contribution in [0.2, 0.25) is 0 Å². The first-order valence-corrected chi connectivity index (χ1v) is 7.18. The molecule has 2 unspecified atom stereocenters. The third-order valence-electron chi connectivity index (χ3n) is 2.28. The van der Waals surface area contributed by atoms with E-state index in [9.17, 15) is 8.78 Å². The van der Waals surface area contributed by atoms with Crippen molar-refractivity contribution in [3.8, 4) is 0 Å². The largest absolute Gasteiger partial charge is 0.251 e. The molecule has 0 fully saturated rings. The molecule has 0 spiro atoms. The molecule has 0 bridgehead atoms. The Morgan fingerprint density at radius 3 is 2.36 bits per heavy atom. The van der Waals surface area contributed by atoms with Crippen LogP contribution in [0.3, 0.4) is 0 Å².